The summed E-state index contributed by atoms with van der Waals surface area (Å²) in [6.45, 7) is 3.74. The monoisotopic (exact) mass is 311 g/mol. The topological polar surface area (TPSA) is 69.1 Å². The summed E-state index contributed by atoms with van der Waals surface area (Å²) in [6.07, 6.45) is 0. The normalized spacial score (nSPS) is 10.6. The molecule has 0 radical (unpaired) electrons. The molecule has 0 aliphatic rings. The van der Waals surface area contributed by atoms with E-state index in [0.717, 1.165) is 22.7 Å². The van der Waals surface area contributed by atoms with Crippen LogP contribution >= 0.6 is 0 Å². The summed E-state index contributed by atoms with van der Waals surface area (Å²) in [6, 6.07) is 12.9. The smallest absolute Gasteiger partial charge is 0.347 e. The Morgan fingerprint density at radius 2 is 1.74 bits per heavy atom. The summed E-state index contributed by atoms with van der Waals surface area (Å²) in [7, 11) is 1.62. The zero-order valence-electron chi connectivity index (χ0n) is 13.2. The van der Waals surface area contributed by atoms with E-state index in [1.165, 1.54) is 4.57 Å². The molecule has 118 valence electrons. The first-order chi connectivity index (χ1) is 11.1. The van der Waals surface area contributed by atoms with E-state index in [-0.39, 0.29) is 5.69 Å². The highest BCUT2D eigenvalue weighted by Gasteiger charge is 2.07. The molecule has 0 saturated carbocycles. The van der Waals surface area contributed by atoms with Crippen molar-refractivity contribution in [2.75, 3.05) is 7.11 Å². The Morgan fingerprint density at radius 1 is 1.04 bits per heavy atom. The summed E-state index contributed by atoms with van der Waals surface area (Å²) >= 11 is 0. The lowest BCUT2D eigenvalue weighted by molar-refractivity contribution is 0.408. The lowest BCUT2D eigenvalue weighted by atomic mass is 10.2. The highest BCUT2D eigenvalue weighted by atomic mass is 16.5. The van der Waals surface area contributed by atoms with Gasteiger partial charge in [-0.25, -0.2) is 14.5 Å². The standard InChI is InChI=1S/C17H17N3O3/c1-11-4-7-15(22-3)10-16(11)23-14-8-5-13(6-9-14)20-12(2)18-19-17(20)21/h4-10H,1-3H3,(H,19,21). The second-order valence-electron chi connectivity index (χ2n) is 5.14. The molecule has 0 bridgehead atoms. The number of H-pyrrole nitrogens is 1. The minimum Gasteiger partial charge on any atom is -0.497 e. The predicted octanol–water partition coefficient (Wildman–Crippen LogP) is 2.98. The van der Waals surface area contributed by atoms with Gasteiger partial charge in [-0.3, -0.25) is 0 Å². The highest BCUT2D eigenvalue weighted by molar-refractivity contribution is 5.44. The van der Waals surface area contributed by atoms with Crippen LogP contribution in [0.5, 0.6) is 17.2 Å². The Morgan fingerprint density at radius 3 is 2.35 bits per heavy atom. The fourth-order valence-electron chi connectivity index (χ4n) is 2.29. The number of benzene rings is 2. The van der Waals surface area contributed by atoms with Crippen LogP contribution in [-0.2, 0) is 0 Å². The molecule has 6 heteroatoms. The number of ether oxygens (including phenoxy) is 2. The molecule has 0 spiro atoms. The molecular formula is C17H17N3O3. The van der Waals surface area contributed by atoms with Crippen molar-refractivity contribution in [2.45, 2.75) is 13.8 Å². The van der Waals surface area contributed by atoms with E-state index in [1.54, 1.807) is 14.0 Å². The Hall–Kier alpha value is -3.02. The molecule has 23 heavy (non-hydrogen) atoms. The highest BCUT2D eigenvalue weighted by Crippen LogP contribution is 2.29. The van der Waals surface area contributed by atoms with Gasteiger partial charge in [0, 0.05) is 6.07 Å². The first kappa shape index (κ1) is 14.9. The average Bonchev–Trinajstić information content (AvgIpc) is 2.89. The van der Waals surface area contributed by atoms with Gasteiger partial charge in [0.2, 0.25) is 0 Å². The second-order valence-corrected chi connectivity index (χ2v) is 5.14. The summed E-state index contributed by atoms with van der Waals surface area (Å²) in [4.78, 5) is 11.7. The molecule has 3 aromatic rings. The van der Waals surface area contributed by atoms with Crippen molar-refractivity contribution >= 4 is 0 Å². The Bertz CT molecular complexity index is 879. The Labute approximate surface area is 133 Å². The van der Waals surface area contributed by atoms with Gasteiger partial charge in [-0.2, -0.15) is 5.10 Å². The maximum Gasteiger partial charge on any atom is 0.347 e. The molecule has 1 aromatic heterocycles. The molecule has 3 rings (SSSR count). The number of nitrogens with one attached hydrogen (secondary N) is 1. The minimum atomic E-state index is -0.264. The van der Waals surface area contributed by atoms with E-state index in [2.05, 4.69) is 10.2 Å². The van der Waals surface area contributed by atoms with Gasteiger partial charge in [0.1, 0.15) is 23.1 Å². The number of nitrogens with zero attached hydrogens (tertiary/aromatic N) is 2. The van der Waals surface area contributed by atoms with Crippen LogP contribution in [0.4, 0.5) is 0 Å². The van der Waals surface area contributed by atoms with E-state index in [9.17, 15) is 4.79 Å². The molecule has 0 amide bonds. The largest absolute Gasteiger partial charge is 0.497 e. The van der Waals surface area contributed by atoms with E-state index in [1.807, 2.05) is 49.4 Å². The van der Waals surface area contributed by atoms with E-state index in [0.29, 0.717) is 11.6 Å². The summed E-state index contributed by atoms with van der Waals surface area (Å²) < 4.78 is 12.6. The number of rotatable bonds is 4. The van der Waals surface area contributed by atoms with Gasteiger partial charge < -0.3 is 9.47 Å². The number of aromatic nitrogens is 3. The van der Waals surface area contributed by atoms with Gasteiger partial charge >= 0.3 is 5.69 Å². The Balaban J connectivity index is 1.87. The fraction of sp³-hybridized carbons (Fsp3) is 0.176. The molecule has 1 heterocycles. The van der Waals surface area contributed by atoms with Crippen molar-refractivity contribution < 1.29 is 9.47 Å². The second kappa shape index (κ2) is 6.00. The van der Waals surface area contributed by atoms with Crippen LogP contribution in [0.2, 0.25) is 0 Å². The van der Waals surface area contributed by atoms with Crippen molar-refractivity contribution in [1.29, 1.82) is 0 Å². The molecule has 2 aromatic carbocycles. The molecule has 0 saturated heterocycles. The van der Waals surface area contributed by atoms with E-state index >= 15 is 0 Å². The molecule has 0 atom stereocenters. The zero-order valence-corrected chi connectivity index (χ0v) is 13.2. The predicted molar refractivity (Wildman–Crippen MR) is 86.7 cm³/mol. The number of hydrogen-bond acceptors (Lipinski definition) is 4. The molecule has 6 nitrogen and oxygen atoms in total. The average molecular weight is 311 g/mol. The van der Waals surface area contributed by atoms with Crippen LogP contribution in [-0.4, -0.2) is 21.9 Å². The van der Waals surface area contributed by atoms with E-state index in [4.69, 9.17) is 9.47 Å². The fourth-order valence-corrected chi connectivity index (χ4v) is 2.29. The van der Waals surface area contributed by atoms with Crippen LogP contribution < -0.4 is 15.2 Å². The number of methoxy groups -OCH3 is 1. The number of hydrogen-bond donors (Lipinski definition) is 1. The van der Waals surface area contributed by atoms with Crippen LogP contribution in [0.3, 0.4) is 0 Å². The number of aryl methyl sites for hydroxylation is 2. The summed E-state index contributed by atoms with van der Waals surface area (Å²) in [5.41, 5.74) is 1.48. The summed E-state index contributed by atoms with van der Waals surface area (Å²) in [5, 5.41) is 6.32. The van der Waals surface area contributed by atoms with Gasteiger partial charge in [0.25, 0.3) is 0 Å². The van der Waals surface area contributed by atoms with Gasteiger partial charge in [-0.15, -0.1) is 0 Å². The van der Waals surface area contributed by atoms with Gasteiger partial charge in [-0.05, 0) is 49.7 Å². The van der Waals surface area contributed by atoms with Crippen molar-refractivity contribution in [1.82, 2.24) is 14.8 Å². The van der Waals surface area contributed by atoms with Crippen LogP contribution in [0.25, 0.3) is 5.69 Å². The maximum atomic E-state index is 11.7. The third kappa shape index (κ3) is 2.96. The molecule has 0 fully saturated rings. The van der Waals surface area contributed by atoms with Crippen molar-refractivity contribution in [3.05, 3.63) is 64.3 Å². The van der Waals surface area contributed by atoms with Crippen LogP contribution in [0, 0.1) is 13.8 Å². The minimum absolute atomic E-state index is 0.264. The maximum absolute atomic E-state index is 11.7. The lowest BCUT2D eigenvalue weighted by Gasteiger charge is -2.11. The SMILES string of the molecule is COc1ccc(C)c(Oc2ccc(-n3c(C)n[nH]c3=O)cc2)c1. The zero-order chi connectivity index (χ0) is 16.4. The van der Waals surface area contributed by atoms with Crippen LogP contribution in [0.15, 0.2) is 47.3 Å². The van der Waals surface area contributed by atoms with E-state index < -0.39 is 0 Å². The third-order valence-electron chi connectivity index (χ3n) is 3.56. The van der Waals surface area contributed by atoms with Crippen molar-refractivity contribution in [3.8, 4) is 22.9 Å². The van der Waals surface area contributed by atoms with Gasteiger partial charge in [-0.1, -0.05) is 6.07 Å². The molecule has 0 aliphatic heterocycles. The van der Waals surface area contributed by atoms with Crippen molar-refractivity contribution in [3.63, 3.8) is 0 Å². The summed E-state index contributed by atoms with van der Waals surface area (Å²) in [5.74, 6) is 2.75. The van der Waals surface area contributed by atoms with Gasteiger partial charge in [0.05, 0.1) is 12.8 Å². The molecule has 1 N–H and O–H groups in total. The molecular weight excluding hydrogens is 294 g/mol. The van der Waals surface area contributed by atoms with Gasteiger partial charge in [0.15, 0.2) is 0 Å². The Kier molecular flexibility index (Phi) is 3.89. The van der Waals surface area contributed by atoms with Crippen molar-refractivity contribution in [2.24, 2.45) is 0 Å². The molecule has 0 aliphatic carbocycles. The number of aromatic amines is 1. The quantitative estimate of drug-likeness (QED) is 0.804. The lowest BCUT2D eigenvalue weighted by Crippen LogP contribution is -2.15. The first-order valence-electron chi connectivity index (χ1n) is 7.15. The first-order valence-corrected chi connectivity index (χ1v) is 7.15. The van der Waals surface area contributed by atoms with Crippen LogP contribution in [0.1, 0.15) is 11.4 Å². The third-order valence-corrected chi connectivity index (χ3v) is 3.56. The molecule has 0 unspecified atom stereocenters.